The molecule has 5 rings (SSSR count). The number of carboxylic acid groups (broad SMARTS) is 1. The van der Waals surface area contributed by atoms with Gasteiger partial charge in [0.15, 0.2) is 16.3 Å². The quantitative estimate of drug-likeness (QED) is 0.141. The van der Waals surface area contributed by atoms with E-state index in [1.807, 2.05) is 0 Å². The number of rotatable bonds is 6. The first-order valence-electron chi connectivity index (χ1n) is 9.94. The number of aromatic nitrogens is 1. The number of hydrogen-bond donors (Lipinski definition) is 4. The Kier molecular flexibility index (Phi) is 6.67. The molecule has 2 saturated heterocycles. The maximum absolute atomic E-state index is 12.9. The number of nitrogen functional groups attached to an aromatic ring is 1. The Morgan fingerprint density at radius 3 is 2.78 bits per heavy atom. The number of thioether (sulfide) groups is 2. The lowest BCUT2D eigenvalue weighted by molar-refractivity contribution is -0.151. The van der Waals surface area contributed by atoms with Crippen molar-refractivity contribution in [3.05, 3.63) is 37.8 Å². The number of nitrogens with one attached hydrogen (secondary N) is 1. The molecular formula is C19H14ClN5O6S5. The fraction of sp³-hybridized carbons (Fsp3) is 0.263. The lowest BCUT2D eigenvalue weighted by Crippen LogP contribution is -2.74. The SMILES string of the molecule is Nc1nc(C(=NO)C(=O)NC2C(=O)N3CC(Sc4cc(=O)c5cc(Cl)sc5s4)(C(=O)O)CS[C@H]23)cs1. The number of oxime groups is 1. The van der Waals surface area contributed by atoms with Crippen molar-refractivity contribution in [1.29, 1.82) is 0 Å². The summed E-state index contributed by atoms with van der Waals surface area (Å²) in [7, 11) is 0. The van der Waals surface area contributed by atoms with Gasteiger partial charge in [0.25, 0.3) is 5.91 Å². The lowest BCUT2D eigenvalue weighted by atomic mass is 10.0. The molecule has 2 amide bonds. The highest BCUT2D eigenvalue weighted by Gasteiger charge is 2.58. The van der Waals surface area contributed by atoms with Crippen LogP contribution in [0.1, 0.15) is 5.69 Å². The minimum absolute atomic E-state index is 0.0710. The Bertz CT molecular complexity index is 1500. The topological polar surface area (TPSA) is 175 Å². The van der Waals surface area contributed by atoms with Crippen LogP contribution in [0.5, 0.6) is 0 Å². The number of nitrogens with two attached hydrogens (primary N) is 1. The van der Waals surface area contributed by atoms with Crippen LogP contribution in [-0.4, -0.2) is 72.2 Å². The molecule has 0 saturated carbocycles. The van der Waals surface area contributed by atoms with Gasteiger partial charge in [0.1, 0.15) is 21.9 Å². The van der Waals surface area contributed by atoms with Gasteiger partial charge in [-0.2, -0.15) is 0 Å². The van der Waals surface area contributed by atoms with E-state index >= 15 is 0 Å². The minimum atomic E-state index is -1.39. The summed E-state index contributed by atoms with van der Waals surface area (Å²) in [6.45, 7) is -0.108. The van der Waals surface area contributed by atoms with Crippen molar-refractivity contribution >= 4 is 107 Å². The molecule has 5 N–H and O–H groups in total. The van der Waals surface area contributed by atoms with Crippen molar-refractivity contribution in [3.8, 4) is 0 Å². The number of amides is 2. The molecule has 188 valence electrons. The monoisotopic (exact) mass is 603 g/mol. The molecule has 17 heteroatoms. The van der Waals surface area contributed by atoms with Gasteiger partial charge in [0.05, 0.1) is 17.9 Å². The molecule has 5 heterocycles. The summed E-state index contributed by atoms with van der Waals surface area (Å²) in [5, 5.41) is 26.5. The largest absolute Gasteiger partial charge is 0.480 e. The summed E-state index contributed by atoms with van der Waals surface area (Å²) in [4.78, 5) is 55.7. The van der Waals surface area contributed by atoms with Gasteiger partial charge in [-0.15, -0.1) is 45.8 Å². The molecular weight excluding hydrogens is 590 g/mol. The molecule has 0 radical (unpaired) electrons. The normalized spacial score (nSPS) is 23.9. The van der Waals surface area contributed by atoms with E-state index < -0.39 is 33.9 Å². The van der Waals surface area contributed by atoms with Crippen LogP contribution >= 0.6 is 69.1 Å². The van der Waals surface area contributed by atoms with E-state index in [1.165, 1.54) is 50.8 Å². The highest BCUT2D eigenvalue weighted by Crippen LogP contribution is 2.48. The summed E-state index contributed by atoms with van der Waals surface area (Å²) in [5.41, 5.74) is 5.00. The molecule has 0 bridgehead atoms. The molecule has 2 aliphatic rings. The number of carbonyl (C=O) groups is 3. The highest BCUT2D eigenvalue weighted by atomic mass is 35.5. The predicted molar refractivity (Wildman–Crippen MR) is 142 cm³/mol. The van der Waals surface area contributed by atoms with Gasteiger partial charge < -0.3 is 26.3 Å². The fourth-order valence-corrected chi connectivity index (χ4v) is 10.4. The number of carbonyl (C=O) groups excluding carboxylic acids is 2. The van der Waals surface area contributed by atoms with Crippen LogP contribution in [0.2, 0.25) is 4.34 Å². The number of hydrogen-bond acceptors (Lipinski definition) is 13. The van der Waals surface area contributed by atoms with E-state index in [0.29, 0.717) is 17.9 Å². The molecule has 0 aliphatic carbocycles. The van der Waals surface area contributed by atoms with E-state index in [9.17, 15) is 29.5 Å². The third-order valence-electron chi connectivity index (χ3n) is 5.48. The Hall–Kier alpha value is -2.37. The summed E-state index contributed by atoms with van der Waals surface area (Å²) in [5.74, 6) is -2.26. The molecule has 0 spiro atoms. The standard InChI is InChI=1S/C19H14ClN5O6S5/c20-9-1-6-8(26)2-10(35-16(6)34-9)36-19(17(29)30)4-25-14(28)12(15(25)33-5-19)23-13(27)11(24-31)7-3-32-18(21)22-7/h1-3,12,15,31H,4-5H2,(H2,21,22)(H,23,27)(H,29,30)/t12?,15-,19?/m1/s1. The van der Waals surface area contributed by atoms with Crippen LogP contribution in [0.4, 0.5) is 5.13 Å². The lowest BCUT2D eigenvalue weighted by Gasteiger charge is -2.53. The number of aliphatic carboxylic acids is 1. The first-order valence-corrected chi connectivity index (χ1v) is 14.7. The number of β-lactam (4-membered cyclic amide) rings is 1. The zero-order chi connectivity index (χ0) is 25.8. The number of halogens is 1. The number of thiophene rings is 1. The number of thiazole rings is 1. The van der Waals surface area contributed by atoms with Crippen LogP contribution in [0.3, 0.4) is 0 Å². The maximum atomic E-state index is 12.9. The molecule has 11 nitrogen and oxygen atoms in total. The number of anilines is 1. The zero-order valence-corrected chi connectivity index (χ0v) is 22.5. The third kappa shape index (κ3) is 4.35. The van der Waals surface area contributed by atoms with Crippen molar-refractivity contribution in [2.45, 2.75) is 20.4 Å². The number of fused-ring (bicyclic) bond motifs is 2. The Labute approximate surface area is 227 Å². The van der Waals surface area contributed by atoms with E-state index in [-0.39, 0.29) is 34.3 Å². The van der Waals surface area contributed by atoms with Crippen molar-refractivity contribution in [2.75, 3.05) is 18.0 Å². The van der Waals surface area contributed by atoms with Crippen LogP contribution in [0, 0.1) is 0 Å². The van der Waals surface area contributed by atoms with E-state index in [2.05, 4.69) is 15.5 Å². The highest BCUT2D eigenvalue weighted by molar-refractivity contribution is 8.06. The second-order valence-electron chi connectivity index (χ2n) is 7.72. The van der Waals surface area contributed by atoms with Crippen molar-refractivity contribution in [2.24, 2.45) is 5.16 Å². The molecule has 36 heavy (non-hydrogen) atoms. The molecule has 2 aliphatic heterocycles. The molecule has 2 unspecified atom stereocenters. The van der Waals surface area contributed by atoms with Crippen molar-refractivity contribution in [3.63, 3.8) is 0 Å². The minimum Gasteiger partial charge on any atom is -0.480 e. The fourth-order valence-electron chi connectivity index (χ4n) is 3.75. The molecule has 3 aromatic heterocycles. The van der Waals surface area contributed by atoms with Gasteiger partial charge in [-0.3, -0.25) is 19.2 Å². The molecule has 3 atom stereocenters. The van der Waals surface area contributed by atoms with E-state index in [4.69, 9.17) is 17.3 Å². The van der Waals surface area contributed by atoms with Gasteiger partial charge in [0.2, 0.25) is 5.91 Å². The first-order chi connectivity index (χ1) is 17.1. The maximum Gasteiger partial charge on any atom is 0.322 e. The van der Waals surface area contributed by atoms with Gasteiger partial charge >= 0.3 is 5.97 Å². The smallest absolute Gasteiger partial charge is 0.322 e. The zero-order valence-electron chi connectivity index (χ0n) is 17.7. The van der Waals surface area contributed by atoms with E-state index in [1.54, 1.807) is 6.07 Å². The summed E-state index contributed by atoms with van der Waals surface area (Å²) in [6.07, 6.45) is 0. The van der Waals surface area contributed by atoms with Crippen LogP contribution < -0.4 is 16.5 Å². The van der Waals surface area contributed by atoms with E-state index in [0.717, 1.165) is 23.1 Å². The Morgan fingerprint density at radius 2 is 2.11 bits per heavy atom. The second-order valence-corrected chi connectivity index (χ2v) is 14.4. The number of carboxylic acids is 1. The van der Waals surface area contributed by atoms with Gasteiger partial charge in [-0.05, 0) is 6.07 Å². The predicted octanol–water partition coefficient (Wildman–Crippen LogP) is 2.21. The second kappa shape index (κ2) is 9.50. The van der Waals surface area contributed by atoms with Crippen LogP contribution in [-0.2, 0) is 14.4 Å². The molecule has 3 aromatic rings. The summed E-state index contributed by atoms with van der Waals surface area (Å²) < 4.78 is 0.287. The molecule has 0 aromatic carbocycles. The Morgan fingerprint density at radius 1 is 1.33 bits per heavy atom. The summed E-state index contributed by atoms with van der Waals surface area (Å²) in [6, 6.07) is 2.06. The van der Waals surface area contributed by atoms with Gasteiger partial charge in [-0.1, -0.05) is 28.5 Å². The average Bonchev–Trinajstić information content (AvgIpc) is 3.43. The van der Waals surface area contributed by atoms with Crippen molar-refractivity contribution < 1.29 is 24.7 Å². The Balaban J connectivity index is 1.32. The third-order valence-corrected chi connectivity index (χ3v) is 11.8. The van der Waals surface area contributed by atoms with Crippen molar-refractivity contribution in [1.82, 2.24) is 15.2 Å². The summed E-state index contributed by atoms with van der Waals surface area (Å²) >= 11 is 11.9. The van der Waals surface area contributed by atoms with Gasteiger partial charge in [0, 0.05) is 23.7 Å². The molecule has 2 fully saturated rings. The van der Waals surface area contributed by atoms with Gasteiger partial charge in [-0.25, -0.2) is 4.98 Å². The first kappa shape index (κ1) is 25.3. The van der Waals surface area contributed by atoms with Crippen LogP contribution in [0.25, 0.3) is 9.40 Å². The average molecular weight is 604 g/mol. The number of nitrogens with zero attached hydrogens (tertiary/aromatic N) is 3. The van der Waals surface area contributed by atoms with Crippen LogP contribution in [0.15, 0.2) is 31.7 Å².